The molecular formula is C14H26N2O3. The van der Waals surface area contributed by atoms with Crippen molar-refractivity contribution < 1.29 is 14.7 Å². The first-order valence-electron chi connectivity index (χ1n) is 7.27. The van der Waals surface area contributed by atoms with Crippen molar-refractivity contribution in [1.29, 1.82) is 0 Å². The van der Waals surface area contributed by atoms with E-state index in [2.05, 4.69) is 19.2 Å². The van der Waals surface area contributed by atoms with E-state index in [0.717, 1.165) is 25.7 Å². The number of nitrogens with one attached hydrogen (secondary N) is 1. The quantitative estimate of drug-likeness (QED) is 0.632. The molecule has 0 heterocycles. The molecular weight excluding hydrogens is 244 g/mol. The Morgan fingerprint density at radius 1 is 1.32 bits per heavy atom. The van der Waals surface area contributed by atoms with E-state index >= 15 is 0 Å². The Kier molecular flexibility index (Phi) is 6.67. The maximum Gasteiger partial charge on any atom is 0.317 e. The molecule has 5 heteroatoms. The van der Waals surface area contributed by atoms with Gasteiger partial charge in [-0.2, -0.15) is 0 Å². The molecule has 5 nitrogen and oxygen atoms in total. The Hall–Kier alpha value is -1.26. The van der Waals surface area contributed by atoms with Gasteiger partial charge in [-0.05, 0) is 25.2 Å². The Labute approximate surface area is 115 Å². The van der Waals surface area contributed by atoms with Crippen LogP contribution in [0.5, 0.6) is 0 Å². The molecule has 0 spiro atoms. The van der Waals surface area contributed by atoms with Crippen LogP contribution in [0.3, 0.4) is 0 Å². The lowest BCUT2D eigenvalue weighted by atomic mass is 10.1. The molecule has 0 aromatic rings. The van der Waals surface area contributed by atoms with Crippen molar-refractivity contribution in [3.63, 3.8) is 0 Å². The van der Waals surface area contributed by atoms with Crippen molar-refractivity contribution in [2.75, 3.05) is 13.1 Å². The van der Waals surface area contributed by atoms with E-state index in [1.807, 2.05) is 0 Å². The maximum atomic E-state index is 12.0. The lowest BCUT2D eigenvalue weighted by Crippen LogP contribution is -2.42. The number of hydrogen-bond donors (Lipinski definition) is 2. The van der Waals surface area contributed by atoms with Gasteiger partial charge in [-0.3, -0.25) is 4.79 Å². The van der Waals surface area contributed by atoms with E-state index in [4.69, 9.17) is 5.11 Å². The standard InChI is InChI=1S/C14H26N2O3/c1-11(2)5-3-4-9-15-14(19)16(12-6-7-12)10-8-13(17)18/h11-12H,3-10H2,1-2H3,(H,15,19)(H,17,18). The number of carboxylic acids is 1. The van der Waals surface area contributed by atoms with Crippen molar-refractivity contribution in [3.8, 4) is 0 Å². The summed E-state index contributed by atoms with van der Waals surface area (Å²) in [6.07, 6.45) is 5.32. The molecule has 0 unspecified atom stereocenters. The molecule has 2 N–H and O–H groups in total. The van der Waals surface area contributed by atoms with Crippen LogP contribution in [-0.2, 0) is 4.79 Å². The summed E-state index contributed by atoms with van der Waals surface area (Å²) < 4.78 is 0. The van der Waals surface area contributed by atoms with Gasteiger partial charge < -0.3 is 15.3 Å². The van der Waals surface area contributed by atoms with Crippen LogP contribution in [0.15, 0.2) is 0 Å². The molecule has 0 radical (unpaired) electrons. The molecule has 19 heavy (non-hydrogen) atoms. The number of amides is 2. The SMILES string of the molecule is CC(C)CCCCNC(=O)N(CCC(=O)O)C1CC1. The molecule has 2 amide bonds. The fraction of sp³-hybridized carbons (Fsp3) is 0.857. The Balaban J connectivity index is 2.19. The summed E-state index contributed by atoms with van der Waals surface area (Å²) in [5, 5.41) is 11.6. The molecule has 0 aliphatic heterocycles. The zero-order valence-electron chi connectivity index (χ0n) is 12.0. The van der Waals surface area contributed by atoms with E-state index in [9.17, 15) is 9.59 Å². The predicted molar refractivity (Wildman–Crippen MR) is 74.1 cm³/mol. The second kappa shape index (κ2) is 8.02. The van der Waals surface area contributed by atoms with Crippen molar-refractivity contribution in [3.05, 3.63) is 0 Å². The highest BCUT2D eigenvalue weighted by Gasteiger charge is 2.32. The van der Waals surface area contributed by atoms with Gasteiger partial charge in [0.05, 0.1) is 6.42 Å². The van der Waals surface area contributed by atoms with Gasteiger partial charge in [0.2, 0.25) is 0 Å². The average Bonchev–Trinajstić information content (AvgIpc) is 3.12. The first kappa shape index (κ1) is 15.8. The second-order valence-corrected chi connectivity index (χ2v) is 5.69. The lowest BCUT2D eigenvalue weighted by molar-refractivity contribution is -0.137. The highest BCUT2D eigenvalue weighted by Crippen LogP contribution is 2.26. The summed E-state index contributed by atoms with van der Waals surface area (Å²) in [6, 6.07) is 0.156. The predicted octanol–water partition coefficient (Wildman–Crippen LogP) is 2.46. The second-order valence-electron chi connectivity index (χ2n) is 5.69. The first-order valence-corrected chi connectivity index (χ1v) is 7.27. The van der Waals surface area contributed by atoms with E-state index in [0.29, 0.717) is 19.0 Å². The minimum Gasteiger partial charge on any atom is -0.481 e. The third kappa shape index (κ3) is 7.03. The van der Waals surface area contributed by atoms with Crippen LogP contribution in [-0.4, -0.2) is 41.1 Å². The number of urea groups is 1. The molecule has 1 rings (SSSR count). The van der Waals surface area contributed by atoms with Gasteiger partial charge in [-0.25, -0.2) is 4.79 Å². The van der Waals surface area contributed by atoms with E-state index in [1.165, 1.54) is 6.42 Å². The molecule has 0 saturated heterocycles. The highest BCUT2D eigenvalue weighted by atomic mass is 16.4. The topological polar surface area (TPSA) is 69.6 Å². The average molecular weight is 270 g/mol. The largest absolute Gasteiger partial charge is 0.481 e. The third-order valence-corrected chi connectivity index (χ3v) is 3.30. The van der Waals surface area contributed by atoms with Crippen LogP contribution < -0.4 is 5.32 Å². The maximum absolute atomic E-state index is 12.0. The van der Waals surface area contributed by atoms with Gasteiger partial charge in [0.15, 0.2) is 0 Å². The van der Waals surface area contributed by atoms with Crippen LogP contribution >= 0.6 is 0 Å². The molecule has 1 fully saturated rings. The number of hydrogen-bond acceptors (Lipinski definition) is 2. The van der Waals surface area contributed by atoms with Gasteiger partial charge in [0, 0.05) is 19.1 Å². The van der Waals surface area contributed by atoms with Gasteiger partial charge in [-0.15, -0.1) is 0 Å². The van der Waals surface area contributed by atoms with Crippen LogP contribution in [0.2, 0.25) is 0 Å². The van der Waals surface area contributed by atoms with Gasteiger partial charge in [0.25, 0.3) is 0 Å². The van der Waals surface area contributed by atoms with E-state index in [-0.39, 0.29) is 18.5 Å². The Morgan fingerprint density at radius 2 is 2.00 bits per heavy atom. The summed E-state index contributed by atoms with van der Waals surface area (Å²) >= 11 is 0. The summed E-state index contributed by atoms with van der Waals surface area (Å²) in [4.78, 5) is 24.2. The van der Waals surface area contributed by atoms with Gasteiger partial charge in [0.1, 0.15) is 0 Å². The number of unbranched alkanes of at least 4 members (excludes halogenated alkanes) is 1. The van der Waals surface area contributed by atoms with Crippen molar-refractivity contribution >= 4 is 12.0 Å². The fourth-order valence-corrected chi connectivity index (χ4v) is 2.03. The van der Waals surface area contributed by atoms with Crippen LogP contribution in [0.25, 0.3) is 0 Å². The first-order chi connectivity index (χ1) is 9.00. The minimum atomic E-state index is -0.851. The summed E-state index contributed by atoms with van der Waals surface area (Å²) in [5.41, 5.74) is 0. The smallest absolute Gasteiger partial charge is 0.317 e. The van der Waals surface area contributed by atoms with Gasteiger partial charge >= 0.3 is 12.0 Å². The molecule has 0 aromatic heterocycles. The number of carboxylic acid groups (broad SMARTS) is 1. The Bertz CT molecular complexity index is 301. The molecule has 0 aromatic carbocycles. The fourth-order valence-electron chi connectivity index (χ4n) is 2.03. The van der Waals surface area contributed by atoms with Gasteiger partial charge in [-0.1, -0.05) is 26.7 Å². The van der Waals surface area contributed by atoms with Crippen LogP contribution in [0.4, 0.5) is 4.79 Å². The summed E-state index contributed by atoms with van der Waals surface area (Å²) in [6.45, 7) is 5.39. The number of aliphatic carboxylic acids is 1. The third-order valence-electron chi connectivity index (χ3n) is 3.30. The Morgan fingerprint density at radius 3 is 2.53 bits per heavy atom. The molecule has 0 bridgehead atoms. The molecule has 1 saturated carbocycles. The van der Waals surface area contributed by atoms with Crippen LogP contribution in [0.1, 0.15) is 52.4 Å². The van der Waals surface area contributed by atoms with Crippen molar-refractivity contribution in [1.82, 2.24) is 10.2 Å². The van der Waals surface area contributed by atoms with E-state index < -0.39 is 5.97 Å². The molecule has 1 aliphatic rings. The minimum absolute atomic E-state index is 0.0251. The normalized spacial score (nSPS) is 14.5. The molecule has 0 atom stereocenters. The number of carbonyl (C=O) groups is 2. The zero-order valence-corrected chi connectivity index (χ0v) is 12.0. The number of nitrogens with zero attached hydrogens (tertiary/aromatic N) is 1. The molecule has 1 aliphatic carbocycles. The van der Waals surface area contributed by atoms with E-state index in [1.54, 1.807) is 4.90 Å². The van der Waals surface area contributed by atoms with Crippen LogP contribution in [0, 0.1) is 5.92 Å². The highest BCUT2D eigenvalue weighted by molar-refractivity contribution is 5.76. The number of carbonyl (C=O) groups excluding carboxylic acids is 1. The molecule has 110 valence electrons. The monoisotopic (exact) mass is 270 g/mol. The van der Waals surface area contributed by atoms with Crippen molar-refractivity contribution in [2.24, 2.45) is 5.92 Å². The lowest BCUT2D eigenvalue weighted by Gasteiger charge is -2.22. The zero-order chi connectivity index (χ0) is 14.3. The summed E-state index contributed by atoms with van der Waals surface area (Å²) in [7, 11) is 0. The summed E-state index contributed by atoms with van der Waals surface area (Å²) in [5.74, 6) is -0.149. The number of rotatable bonds is 9. The van der Waals surface area contributed by atoms with Crippen molar-refractivity contribution in [2.45, 2.75) is 58.4 Å².